The summed E-state index contributed by atoms with van der Waals surface area (Å²) >= 11 is 0. The van der Waals surface area contributed by atoms with E-state index in [1.807, 2.05) is 11.5 Å². The highest BCUT2D eigenvalue weighted by molar-refractivity contribution is 5.92. The Kier molecular flexibility index (Phi) is 4.12. The minimum Gasteiger partial charge on any atom is -0.461 e. The van der Waals surface area contributed by atoms with Gasteiger partial charge in [-0.3, -0.25) is 0 Å². The van der Waals surface area contributed by atoms with Crippen molar-refractivity contribution in [2.24, 2.45) is 5.92 Å². The first kappa shape index (κ1) is 13.9. The second kappa shape index (κ2) is 5.63. The zero-order valence-corrected chi connectivity index (χ0v) is 12.0. The van der Waals surface area contributed by atoms with Crippen LogP contribution in [0.15, 0.2) is 0 Å². The zero-order chi connectivity index (χ0) is 14.0. The first-order chi connectivity index (χ1) is 9.08. The van der Waals surface area contributed by atoms with E-state index in [1.165, 1.54) is 12.8 Å². The number of hydrogen-bond acceptors (Lipinski definition) is 4. The van der Waals surface area contributed by atoms with Crippen LogP contribution in [0.5, 0.6) is 0 Å². The topological polar surface area (TPSA) is 70.1 Å². The molecule has 0 radical (unpaired) electrons. The minimum absolute atomic E-state index is 0.258. The maximum absolute atomic E-state index is 11.8. The van der Waals surface area contributed by atoms with E-state index < -0.39 is 5.97 Å². The molecular formula is C14H23N3O2. The minimum atomic E-state index is -0.428. The number of ether oxygens (including phenoxy) is 1. The number of anilines is 1. The van der Waals surface area contributed by atoms with E-state index in [0.717, 1.165) is 24.6 Å². The summed E-state index contributed by atoms with van der Waals surface area (Å²) in [6.07, 6.45) is 4.75. The van der Waals surface area contributed by atoms with Crippen molar-refractivity contribution in [3.8, 4) is 0 Å². The van der Waals surface area contributed by atoms with Gasteiger partial charge in [-0.1, -0.05) is 19.8 Å². The average molecular weight is 265 g/mol. The predicted octanol–water partition coefficient (Wildman–Crippen LogP) is 2.70. The summed E-state index contributed by atoms with van der Waals surface area (Å²) in [6, 6.07) is 0.336. The second-order valence-corrected chi connectivity index (χ2v) is 5.22. The molecule has 0 aromatic carbocycles. The van der Waals surface area contributed by atoms with E-state index in [1.54, 1.807) is 6.92 Å². The zero-order valence-electron chi connectivity index (χ0n) is 12.0. The molecule has 1 heterocycles. The van der Waals surface area contributed by atoms with Gasteiger partial charge in [0.15, 0.2) is 5.69 Å². The quantitative estimate of drug-likeness (QED) is 0.803. The van der Waals surface area contributed by atoms with Gasteiger partial charge in [0.05, 0.1) is 6.61 Å². The van der Waals surface area contributed by atoms with Crippen molar-refractivity contribution in [2.45, 2.75) is 52.5 Å². The fourth-order valence-corrected chi connectivity index (χ4v) is 2.56. The molecule has 0 bridgehead atoms. The van der Waals surface area contributed by atoms with Gasteiger partial charge in [-0.25, -0.2) is 9.78 Å². The van der Waals surface area contributed by atoms with Crippen LogP contribution >= 0.6 is 0 Å². The van der Waals surface area contributed by atoms with E-state index in [0.29, 0.717) is 18.5 Å². The highest BCUT2D eigenvalue weighted by atomic mass is 16.5. The SMILES string of the molecule is CCOC(=O)c1nc(C)n(C(CC)CC2CC2)c1N. The molecule has 1 fully saturated rings. The van der Waals surface area contributed by atoms with E-state index in [-0.39, 0.29) is 5.69 Å². The predicted molar refractivity (Wildman–Crippen MR) is 74.0 cm³/mol. The lowest BCUT2D eigenvalue weighted by Crippen LogP contribution is -2.15. The van der Waals surface area contributed by atoms with Crippen molar-refractivity contribution in [3.05, 3.63) is 11.5 Å². The van der Waals surface area contributed by atoms with Crippen LogP contribution in [-0.4, -0.2) is 22.1 Å². The molecule has 1 atom stereocenters. The van der Waals surface area contributed by atoms with Crippen LogP contribution in [0.3, 0.4) is 0 Å². The van der Waals surface area contributed by atoms with E-state index >= 15 is 0 Å². The molecular weight excluding hydrogens is 242 g/mol. The van der Waals surface area contributed by atoms with Crippen molar-refractivity contribution in [2.75, 3.05) is 12.3 Å². The number of rotatable bonds is 6. The number of aromatic nitrogens is 2. The van der Waals surface area contributed by atoms with Crippen LogP contribution in [0.2, 0.25) is 0 Å². The number of imidazole rings is 1. The Morgan fingerprint density at radius 3 is 2.74 bits per heavy atom. The Balaban J connectivity index is 2.26. The number of hydrogen-bond donors (Lipinski definition) is 1. The van der Waals surface area contributed by atoms with Crippen molar-refractivity contribution >= 4 is 11.8 Å². The van der Waals surface area contributed by atoms with Crippen LogP contribution in [0.1, 0.15) is 61.9 Å². The number of nitrogens with zero attached hydrogens (tertiary/aromatic N) is 2. The molecule has 2 rings (SSSR count). The lowest BCUT2D eigenvalue weighted by atomic mass is 10.1. The fourth-order valence-electron chi connectivity index (χ4n) is 2.56. The number of carbonyl (C=O) groups is 1. The summed E-state index contributed by atoms with van der Waals surface area (Å²) in [6.45, 7) is 6.16. The number of nitrogens with two attached hydrogens (primary N) is 1. The maximum Gasteiger partial charge on any atom is 0.360 e. The van der Waals surface area contributed by atoms with Gasteiger partial charge in [-0.15, -0.1) is 0 Å². The molecule has 2 N–H and O–H groups in total. The van der Waals surface area contributed by atoms with Crippen molar-refractivity contribution in [3.63, 3.8) is 0 Å². The van der Waals surface area contributed by atoms with Gasteiger partial charge in [0.1, 0.15) is 11.6 Å². The Hall–Kier alpha value is -1.52. The fraction of sp³-hybridized carbons (Fsp3) is 0.714. The van der Waals surface area contributed by atoms with Gasteiger partial charge in [0.2, 0.25) is 0 Å². The molecule has 1 aromatic heterocycles. The van der Waals surface area contributed by atoms with E-state index in [4.69, 9.17) is 10.5 Å². The van der Waals surface area contributed by atoms with E-state index in [9.17, 15) is 4.79 Å². The number of carbonyl (C=O) groups excluding carboxylic acids is 1. The molecule has 1 saturated carbocycles. The molecule has 0 saturated heterocycles. The molecule has 106 valence electrons. The lowest BCUT2D eigenvalue weighted by Gasteiger charge is -2.19. The van der Waals surface area contributed by atoms with Gasteiger partial charge in [0, 0.05) is 6.04 Å². The largest absolute Gasteiger partial charge is 0.461 e. The van der Waals surface area contributed by atoms with Gasteiger partial charge in [0.25, 0.3) is 0 Å². The molecule has 0 amide bonds. The highest BCUT2D eigenvalue weighted by Gasteiger charge is 2.29. The first-order valence-corrected chi connectivity index (χ1v) is 7.09. The summed E-state index contributed by atoms with van der Waals surface area (Å²) in [5, 5.41) is 0. The molecule has 1 aliphatic rings. The summed E-state index contributed by atoms with van der Waals surface area (Å²) in [5.41, 5.74) is 6.37. The first-order valence-electron chi connectivity index (χ1n) is 7.09. The van der Waals surface area contributed by atoms with Crippen molar-refractivity contribution < 1.29 is 9.53 Å². The van der Waals surface area contributed by atoms with Gasteiger partial charge in [-0.05, 0) is 32.6 Å². The van der Waals surface area contributed by atoms with Crippen LogP contribution in [-0.2, 0) is 4.74 Å². The van der Waals surface area contributed by atoms with Gasteiger partial charge >= 0.3 is 5.97 Å². The van der Waals surface area contributed by atoms with Crippen LogP contribution in [0.4, 0.5) is 5.82 Å². The van der Waals surface area contributed by atoms with Gasteiger partial charge in [-0.2, -0.15) is 0 Å². The van der Waals surface area contributed by atoms with E-state index in [2.05, 4.69) is 11.9 Å². The third kappa shape index (κ3) is 2.91. The Labute approximate surface area is 114 Å². The Morgan fingerprint density at radius 2 is 2.21 bits per heavy atom. The summed E-state index contributed by atoms with van der Waals surface area (Å²) in [7, 11) is 0. The smallest absolute Gasteiger partial charge is 0.360 e. The molecule has 0 spiro atoms. The number of esters is 1. The number of aryl methyl sites for hydroxylation is 1. The highest BCUT2D eigenvalue weighted by Crippen LogP contribution is 2.39. The van der Waals surface area contributed by atoms with Crippen LogP contribution in [0.25, 0.3) is 0 Å². The molecule has 5 heteroatoms. The molecule has 0 aliphatic heterocycles. The molecule has 5 nitrogen and oxygen atoms in total. The third-order valence-corrected chi connectivity index (χ3v) is 3.73. The Morgan fingerprint density at radius 1 is 1.53 bits per heavy atom. The summed E-state index contributed by atoms with van der Waals surface area (Å²) < 4.78 is 6.99. The molecule has 19 heavy (non-hydrogen) atoms. The average Bonchev–Trinajstić information content (AvgIpc) is 3.14. The van der Waals surface area contributed by atoms with Crippen molar-refractivity contribution in [1.82, 2.24) is 9.55 Å². The molecule has 1 aromatic rings. The number of nitrogen functional groups attached to an aromatic ring is 1. The maximum atomic E-state index is 11.8. The lowest BCUT2D eigenvalue weighted by molar-refractivity contribution is 0.0521. The Bertz CT molecular complexity index is 464. The monoisotopic (exact) mass is 265 g/mol. The van der Waals surface area contributed by atoms with Crippen LogP contribution < -0.4 is 5.73 Å². The summed E-state index contributed by atoms with van der Waals surface area (Å²) in [4.78, 5) is 16.1. The van der Waals surface area contributed by atoms with Gasteiger partial charge < -0.3 is 15.0 Å². The third-order valence-electron chi connectivity index (χ3n) is 3.73. The summed E-state index contributed by atoms with van der Waals surface area (Å²) in [5.74, 6) is 1.64. The molecule has 1 unspecified atom stereocenters. The molecule has 1 aliphatic carbocycles. The van der Waals surface area contributed by atoms with Crippen LogP contribution in [0, 0.1) is 12.8 Å². The normalized spacial score (nSPS) is 16.4. The standard InChI is InChI=1S/C14H23N3O2/c1-4-11(8-10-6-7-10)17-9(3)16-12(13(17)15)14(18)19-5-2/h10-11H,4-8,15H2,1-3H3. The second-order valence-electron chi connectivity index (χ2n) is 5.22. The van der Waals surface area contributed by atoms with Crippen molar-refractivity contribution in [1.29, 1.82) is 0 Å².